The molecule has 1 unspecified atom stereocenters. The fourth-order valence-corrected chi connectivity index (χ4v) is 2.51. The van der Waals surface area contributed by atoms with Gasteiger partial charge in [-0.15, -0.1) is 0 Å². The van der Waals surface area contributed by atoms with Gasteiger partial charge in [-0.3, -0.25) is 4.21 Å². The summed E-state index contributed by atoms with van der Waals surface area (Å²) in [5.74, 6) is 0.748. The Morgan fingerprint density at radius 2 is 1.65 bits per heavy atom. The zero-order valence-electron chi connectivity index (χ0n) is 11.9. The van der Waals surface area contributed by atoms with E-state index in [2.05, 4.69) is 0 Å². The first-order chi connectivity index (χ1) is 9.08. The summed E-state index contributed by atoms with van der Waals surface area (Å²) in [5.41, 5.74) is 2.74. The first kappa shape index (κ1) is 17.4. The average Bonchev–Trinajstić information content (AvgIpc) is 2.38. The van der Waals surface area contributed by atoms with Crippen LogP contribution in [-0.4, -0.2) is 8.76 Å². The second kappa shape index (κ2) is 7.96. The van der Waals surface area contributed by atoms with E-state index in [1.165, 1.54) is 0 Å². The largest absolute Gasteiger partial charge is 1.00 e. The van der Waals surface area contributed by atoms with Gasteiger partial charge in [0.25, 0.3) is 0 Å². The van der Waals surface area contributed by atoms with Crippen molar-refractivity contribution in [3.05, 3.63) is 59.2 Å². The molecule has 100 valence electrons. The Bertz CT molecular complexity index is 576. The van der Waals surface area contributed by atoms with E-state index in [1.54, 1.807) is 12.1 Å². The van der Waals surface area contributed by atoms with Gasteiger partial charge in [-0.2, -0.15) is 0 Å². The van der Waals surface area contributed by atoms with Crippen LogP contribution < -0.4 is 34.3 Å². The summed E-state index contributed by atoms with van der Waals surface area (Å²) in [6.45, 7) is 4.18. The second-order valence-corrected chi connectivity index (χ2v) is 5.34. The summed E-state index contributed by atoms with van der Waals surface area (Å²) in [5, 5.41) is 0. The summed E-state index contributed by atoms with van der Waals surface area (Å²) in [6, 6.07) is 13.1. The zero-order valence-corrected chi connectivity index (χ0v) is 14.7. The standard InChI is InChI=1S/C15H16O3S.Na/c1-11-8-14(19(16)17)9-12(2)15(11)18-10-13-6-4-3-5-7-13;/h3-9H,10H2,1-2H3,(H,16,17);/q;+1/p-1. The Morgan fingerprint density at radius 3 is 2.15 bits per heavy atom. The van der Waals surface area contributed by atoms with Gasteiger partial charge >= 0.3 is 29.6 Å². The van der Waals surface area contributed by atoms with Crippen molar-refractivity contribution in [2.75, 3.05) is 0 Å². The van der Waals surface area contributed by atoms with Crippen LogP contribution in [0.1, 0.15) is 16.7 Å². The Labute approximate surface area is 143 Å². The maximum Gasteiger partial charge on any atom is 1.00 e. The van der Waals surface area contributed by atoms with Crippen LogP contribution in [0.2, 0.25) is 0 Å². The molecule has 0 heterocycles. The monoisotopic (exact) mass is 298 g/mol. The molecule has 0 aliphatic heterocycles. The fraction of sp³-hybridized carbons (Fsp3) is 0.200. The molecule has 0 fully saturated rings. The van der Waals surface area contributed by atoms with Crippen molar-refractivity contribution < 1.29 is 43.1 Å². The third kappa shape index (κ3) is 4.43. The molecular weight excluding hydrogens is 283 g/mol. The zero-order chi connectivity index (χ0) is 13.8. The molecule has 2 rings (SSSR count). The minimum absolute atomic E-state index is 0. The van der Waals surface area contributed by atoms with Crippen molar-refractivity contribution in [1.29, 1.82) is 0 Å². The van der Waals surface area contributed by atoms with Crippen LogP contribution in [0.3, 0.4) is 0 Å². The molecule has 0 aliphatic rings. The number of hydrogen-bond acceptors (Lipinski definition) is 3. The molecule has 0 aromatic heterocycles. The smallest absolute Gasteiger partial charge is 0.768 e. The van der Waals surface area contributed by atoms with E-state index in [4.69, 9.17) is 4.74 Å². The Balaban J connectivity index is 0.00000200. The number of ether oxygens (including phenoxy) is 1. The van der Waals surface area contributed by atoms with E-state index in [0.29, 0.717) is 11.5 Å². The van der Waals surface area contributed by atoms with E-state index in [1.807, 2.05) is 44.2 Å². The molecule has 0 aliphatic carbocycles. The molecule has 2 aromatic rings. The predicted molar refractivity (Wildman–Crippen MR) is 73.9 cm³/mol. The fourth-order valence-electron chi connectivity index (χ4n) is 1.96. The van der Waals surface area contributed by atoms with Gasteiger partial charge in [-0.1, -0.05) is 30.3 Å². The maximum atomic E-state index is 11.0. The molecule has 2 aromatic carbocycles. The first-order valence-corrected chi connectivity index (χ1v) is 7.02. The van der Waals surface area contributed by atoms with Gasteiger partial charge in [0.2, 0.25) is 0 Å². The molecule has 0 amide bonds. The van der Waals surface area contributed by atoms with E-state index in [9.17, 15) is 8.76 Å². The van der Waals surface area contributed by atoms with Crippen molar-refractivity contribution in [3.8, 4) is 5.75 Å². The first-order valence-electron chi connectivity index (χ1n) is 5.95. The number of benzene rings is 2. The van der Waals surface area contributed by atoms with E-state index in [0.717, 1.165) is 22.4 Å². The molecule has 5 heteroatoms. The molecule has 0 saturated heterocycles. The van der Waals surface area contributed by atoms with Crippen molar-refractivity contribution >= 4 is 11.1 Å². The summed E-state index contributed by atoms with van der Waals surface area (Å²) < 4.78 is 27.7. The van der Waals surface area contributed by atoms with Gasteiger partial charge in [-0.25, -0.2) is 0 Å². The molecule has 0 saturated carbocycles. The number of hydrogen-bond donors (Lipinski definition) is 0. The average molecular weight is 298 g/mol. The van der Waals surface area contributed by atoms with Crippen molar-refractivity contribution in [1.82, 2.24) is 0 Å². The third-order valence-electron chi connectivity index (χ3n) is 2.85. The molecule has 0 spiro atoms. The van der Waals surface area contributed by atoms with Crippen molar-refractivity contribution in [2.24, 2.45) is 0 Å². The van der Waals surface area contributed by atoms with Crippen LogP contribution in [0.4, 0.5) is 0 Å². The molecule has 0 N–H and O–H groups in total. The minimum Gasteiger partial charge on any atom is -0.768 e. The maximum absolute atomic E-state index is 11.0. The van der Waals surface area contributed by atoms with Gasteiger partial charge in [0, 0.05) is 4.90 Å². The van der Waals surface area contributed by atoms with Crippen molar-refractivity contribution in [3.63, 3.8) is 0 Å². The number of aryl methyl sites for hydroxylation is 2. The van der Waals surface area contributed by atoms with Gasteiger partial charge in [0.1, 0.15) is 12.4 Å². The SMILES string of the molecule is Cc1cc(S(=O)[O-])cc(C)c1OCc1ccccc1.[Na+]. The molecular formula is C15H15NaO3S. The van der Waals surface area contributed by atoms with Gasteiger partial charge in [0.15, 0.2) is 0 Å². The number of rotatable bonds is 4. The molecule has 3 nitrogen and oxygen atoms in total. The quantitative estimate of drug-likeness (QED) is 0.595. The topological polar surface area (TPSA) is 49.4 Å². The Morgan fingerprint density at radius 1 is 1.10 bits per heavy atom. The van der Waals surface area contributed by atoms with Crippen LogP contribution in [0.15, 0.2) is 47.4 Å². The Kier molecular flexibility index (Phi) is 6.92. The van der Waals surface area contributed by atoms with Gasteiger partial charge in [0.05, 0.1) is 0 Å². The van der Waals surface area contributed by atoms with E-state index in [-0.39, 0.29) is 29.6 Å². The summed E-state index contributed by atoms with van der Waals surface area (Å²) in [4.78, 5) is 0.294. The Hall–Kier alpha value is -0.650. The summed E-state index contributed by atoms with van der Waals surface area (Å²) >= 11 is -2.20. The second-order valence-electron chi connectivity index (χ2n) is 4.40. The summed E-state index contributed by atoms with van der Waals surface area (Å²) in [6.07, 6.45) is 0. The van der Waals surface area contributed by atoms with Crippen LogP contribution >= 0.6 is 0 Å². The van der Waals surface area contributed by atoms with Crippen LogP contribution in [0.25, 0.3) is 0 Å². The normalized spacial score (nSPS) is 11.6. The molecule has 20 heavy (non-hydrogen) atoms. The molecule has 0 bridgehead atoms. The van der Waals surface area contributed by atoms with Gasteiger partial charge < -0.3 is 9.29 Å². The van der Waals surface area contributed by atoms with Gasteiger partial charge in [-0.05, 0) is 53.8 Å². The van der Waals surface area contributed by atoms with Crippen molar-refractivity contribution in [2.45, 2.75) is 25.3 Å². The molecule has 1 atom stereocenters. The van der Waals surface area contributed by atoms with Crippen LogP contribution in [-0.2, 0) is 17.7 Å². The van der Waals surface area contributed by atoms with E-state index < -0.39 is 11.1 Å². The predicted octanol–water partition coefficient (Wildman–Crippen LogP) is 0.124. The van der Waals surface area contributed by atoms with Crippen LogP contribution in [0, 0.1) is 13.8 Å². The summed E-state index contributed by atoms with van der Waals surface area (Å²) in [7, 11) is 0. The molecule has 0 radical (unpaired) electrons. The van der Waals surface area contributed by atoms with Crippen LogP contribution in [0.5, 0.6) is 5.75 Å². The van der Waals surface area contributed by atoms with E-state index >= 15 is 0 Å². The minimum atomic E-state index is -2.20. The third-order valence-corrected chi connectivity index (χ3v) is 3.47.